The number of hydrogen-bond donors (Lipinski definition) is 4. The van der Waals surface area contributed by atoms with Crippen molar-refractivity contribution in [2.75, 3.05) is 6.54 Å². The lowest BCUT2D eigenvalue weighted by atomic mass is 10.4. The molecule has 0 spiro atoms. The number of carbonyl (C=O) groups is 1. The van der Waals surface area contributed by atoms with E-state index in [9.17, 15) is 9.00 Å². The summed E-state index contributed by atoms with van der Waals surface area (Å²) >= 11 is -2.35. The standard InChI is InChI=1S/C4H8N2O4S/c5-4(11(9)10)6-2-1-3(7)8/h1-2H2,(H2,5,6)(H,7,8)(H,9,10). The second-order valence-electron chi connectivity index (χ2n) is 1.65. The summed E-state index contributed by atoms with van der Waals surface area (Å²) in [6.45, 7) is -0.0134. The number of carboxylic acid groups (broad SMARTS) is 1. The molecule has 0 rings (SSSR count). The van der Waals surface area contributed by atoms with Gasteiger partial charge < -0.3 is 10.4 Å². The monoisotopic (exact) mass is 180 g/mol. The molecular weight excluding hydrogens is 172 g/mol. The van der Waals surface area contributed by atoms with Crippen molar-refractivity contribution < 1.29 is 18.7 Å². The Labute approximate surface area is 65.4 Å². The van der Waals surface area contributed by atoms with Gasteiger partial charge in [-0.25, -0.2) is 4.21 Å². The maximum atomic E-state index is 10.1. The lowest BCUT2D eigenvalue weighted by molar-refractivity contribution is -0.136. The predicted molar refractivity (Wildman–Crippen MR) is 38.8 cm³/mol. The minimum absolute atomic E-state index is 0.0134. The molecule has 4 N–H and O–H groups in total. The lowest BCUT2D eigenvalue weighted by Crippen LogP contribution is -2.28. The van der Waals surface area contributed by atoms with Crippen LogP contribution < -0.4 is 5.32 Å². The zero-order valence-electron chi connectivity index (χ0n) is 5.53. The number of rotatable bonds is 3. The second-order valence-corrected chi connectivity index (χ2v) is 2.56. The van der Waals surface area contributed by atoms with E-state index < -0.39 is 22.2 Å². The largest absolute Gasteiger partial charge is 0.481 e. The van der Waals surface area contributed by atoms with Crippen molar-refractivity contribution in [3.8, 4) is 0 Å². The molecule has 6 nitrogen and oxygen atoms in total. The first-order valence-corrected chi connectivity index (χ1v) is 3.79. The van der Waals surface area contributed by atoms with E-state index >= 15 is 0 Å². The molecule has 7 heteroatoms. The van der Waals surface area contributed by atoms with Crippen molar-refractivity contribution in [1.29, 1.82) is 5.41 Å². The van der Waals surface area contributed by atoms with Crippen molar-refractivity contribution in [2.24, 2.45) is 0 Å². The molecule has 0 heterocycles. The molecule has 0 bridgehead atoms. The Kier molecular flexibility index (Phi) is 4.39. The number of hydrogen-bond acceptors (Lipinski definition) is 3. The van der Waals surface area contributed by atoms with E-state index in [1.54, 1.807) is 0 Å². The number of aliphatic carboxylic acids is 1. The van der Waals surface area contributed by atoms with Crippen LogP contribution in [0.25, 0.3) is 0 Å². The van der Waals surface area contributed by atoms with Gasteiger partial charge in [0.2, 0.25) is 16.2 Å². The molecule has 0 aliphatic carbocycles. The number of carboxylic acids is 1. The quantitative estimate of drug-likeness (QED) is 0.258. The van der Waals surface area contributed by atoms with Gasteiger partial charge in [-0.1, -0.05) is 0 Å². The van der Waals surface area contributed by atoms with Gasteiger partial charge in [0.15, 0.2) is 0 Å². The average molecular weight is 180 g/mol. The summed E-state index contributed by atoms with van der Waals surface area (Å²) in [5.41, 5.74) is 0. The topological polar surface area (TPSA) is 110 Å². The smallest absolute Gasteiger partial charge is 0.305 e. The lowest BCUT2D eigenvalue weighted by Gasteiger charge is -2.00. The molecule has 1 atom stereocenters. The predicted octanol–water partition coefficient (Wildman–Crippen LogP) is -0.793. The second kappa shape index (κ2) is 4.80. The highest BCUT2D eigenvalue weighted by molar-refractivity contribution is 7.95. The first-order valence-electron chi connectivity index (χ1n) is 2.69. The molecule has 0 aliphatic heterocycles. The van der Waals surface area contributed by atoms with Gasteiger partial charge >= 0.3 is 5.97 Å². The number of amidine groups is 1. The van der Waals surface area contributed by atoms with Crippen molar-refractivity contribution >= 4 is 22.2 Å². The van der Waals surface area contributed by atoms with E-state index in [-0.39, 0.29) is 13.0 Å². The normalized spacial score (nSPS) is 12.1. The Morgan fingerprint density at radius 3 is 2.55 bits per heavy atom. The minimum atomic E-state index is -2.35. The highest BCUT2D eigenvalue weighted by atomic mass is 32.2. The minimum Gasteiger partial charge on any atom is -0.481 e. The Morgan fingerprint density at radius 2 is 2.18 bits per heavy atom. The molecule has 64 valence electrons. The Hall–Kier alpha value is -0.950. The van der Waals surface area contributed by atoms with Gasteiger partial charge in [-0.3, -0.25) is 14.8 Å². The Bertz CT molecular complexity index is 193. The molecule has 0 aliphatic rings. The SMILES string of the molecule is N=C(NCCC(=O)O)S(=O)O. The highest BCUT2D eigenvalue weighted by Gasteiger charge is 2.02. The van der Waals surface area contributed by atoms with Crippen molar-refractivity contribution in [1.82, 2.24) is 5.32 Å². The molecule has 0 radical (unpaired) electrons. The van der Waals surface area contributed by atoms with Gasteiger partial charge in [0.05, 0.1) is 6.42 Å². The summed E-state index contributed by atoms with van der Waals surface area (Å²) in [5, 5.41) is 16.4. The maximum Gasteiger partial charge on any atom is 0.305 e. The van der Waals surface area contributed by atoms with E-state index in [0.717, 1.165) is 0 Å². The van der Waals surface area contributed by atoms with E-state index in [2.05, 4.69) is 5.32 Å². The van der Waals surface area contributed by atoms with Crippen LogP contribution in [0.1, 0.15) is 6.42 Å². The fraction of sp³-hybridized carbons (Fsp3) is 0.500. The molecule has 0 amide bonds. The summed E-state index contributed by atoms with van der Waals surface area (Å²) < 4.78 is 18.3. The van der Waals surface area contributed by atoms with Crippen LogP contribution in [0.15, 0.2) is 0 Å². The molecule has 11 heavy (non-hydrogen) atoms. The van der Waals surface area contributed by atoms with E-state index in [4.69, 9.17) is 15.1 Å². The molecular formula is C4H8N2O4S. The van der Waals surface area contributed by atoms with Crippen LogP contribution in [0.3, 0.4) is 0 Å². The third-order valence-corrected chi connectivity index (χ3v) is 1.29. The fourth-order valence-electron chi connectivity index (χ4n) is 0.345. The summed E-state index contributed by atoms with van der Waals surface area (Å²) in [6, 6.07) is 0. The number of nitrogens with one attached hydrogen (secondary N) is 2. The van der Waals surface area contributed by atoms with Gasteiger partial charge in [0.1, 0.15) is 0 Å². The van der Waals surface area contributed by atoms with Crippen molar-refractivity contribution in [3.63, 3.8) is 0 Å². The van der Waals surface area contributed by atoms with Crippen LogP contribution in [0.5, 0.6) is 0 Å². The molecule has 0 fully saturated rings. The molecule has 0 saturated carbocycles. The van der Waals surface area contributed by atoms with Gasteiger partial charge in [0.25, 0.3) is 0 Å². The third kappa shape index (κ3) is 5.49. The van der Waals surface area contributed by atoms with E-state index in [0.29, 0.717) is 0 Å². The molecule has 0 saturated heterocycles. The fourth-order valence-corrected chi connectivity index (χ4v) is 0.570. The van der Waals surface area contributed by atoms with E-state index in [1.165, 1.54) is 0 Å². The summed E-state index contributed by atoms with van der Waals surface area (Å²) in [4.78, 5) is 9.90. The van der Waals surface area contributed by atoms with Crippen LogP contribution in [0, 0.1) is 5.41 Å². The van der Waals surface area contributed by atoms with Gasteiger partial charge in [-0.2, -0.15) is 0 Å². The zero-order chi connectivity index (χ0) is 8.85. The van der Waals surface area contributed by atoms with Crippen LogP contribution in [0.4, 0.5) is 0 Å². The average Bonchev–Trinajstić information content (AvgIpc) is 1.86. The van der Waals surface area contributed by atoms with Crippen LogP contribution in [0.2, 0.25) is 0 Å². The Morgan fingerprint density at radius 1 is 1.64 bits per heavy atom. The first-order chi connectivity index (χ1) is 5.04. The zero-order valence-corrected chi connectivity index (χ0v) is 6.35. The van der Waals surface area contributed by atoms with Crippen molar-refractivity contribution in [2.45, 2.75) is 6.42 Å². The third-order valence-electron chi connectivity index (χ3n) is 0.799. The van der Waals surface area contributed by atoms with Crippen LogP contribution in [-0.4, -0.2) is 31.5 Å². The van der Waals surface area contributed by atoms with Crippen molar-refractivity contribution in [3.05, 3.63) is 0 Å². The molecule has 0 aromatic carbocycles. The molecule has 0 aromatic heterocycles. The van der Waals surface area contributed by atoms with Crippen LogP contribution >= 0.6 is 0 Å². The van der Waals surface area contributed by atoms with Gasteiger partial charge in [0, 0.05) is 6.54 Å². The molecule has 0 aromatic rings. The van der Waals surface area contributed by atoms with Gasteiger partial charge in [-0.05, 0) is 0 Å². The van der Waals surface area contributed by atoms with E-state index in [1.807, 2.05) is 0 Å². The summed E-state index contributed by atoms with van der Waals surface area (Å²) in [6.07, 6.45) is -0.181. The first kappa shape index (κ1) is 10.0. The highest BCUT2D eigenvalue weighted by Crippen LogP contribution is 1.78. The maximum absolute atomic E-state index is 10.1. The van der Waals surface area contributed by atoms with Gasteiger partial charge in [-0.15, -0.1) is 0 Å². The summed E-state index contributed by atoms with van der Waals surface area (Å²) in [5.74, 6) is -1.02. The van der Waals surface area contributed by atoms with Crippen LogP contribution in [-0.2, 0) is 15.9 Å². The Balaban J connectivity index is 3.47. The summed E-state index contributed by atoms with van der Waals surface area (Å²) in [7, 11) is 0. The molecule has 1 unspecified atom stereocenters.